The predicted molar refractivity (Wildman–Crippen MR) is 92.4 cm³/mol. The molecule has 0 saturated carbocycles. The van der Waals surface area contributed by atoms with E-state index in [1.54, 1.807) is 0 Å². The van der Waals surface area contributed by atoms with Gasteiger partial charge in [0.25, 0.3) is 0 Å². The molecule has 21 heavy (non-hydrogen) atoms. The Morgan fingerprint density at radius 3 is 2.19 bits per heavy atom. The Kier molecular flexibility index (Phi) is 6.10. The third-order valence-electron chi connectivity index (χ3n) is 3.55. The van der Waals surface area contributed by atoms with Crippen molar-refractivity contribution in [2.24, 2.45) is 0 Å². The van der Waals surface area contributed by atoms with E-state index >= 15 is 0 Å². The average molecular weight is 322 g/mol. The fourth-order valence-corrected chi connectivity index (χ4v) is 3.06. The van der Waals surface area contributed by atoms with E-state index in [1.807, 2.05) is 18.2 Å². The van der Waals surface area contributed by atoms with E-state index < -0.39 is 0 Å². The van der Waals surface area contributed by atoms with Crippen LogP contribution in [-0.4, -0.2) is 6.54 Å². The van der Waals surface area contributed by atoms with Gasteiger partial charge >= 0.3 is 0 Å². The zero-order valence-electron chi connectivity index (χ0n) is 12.5. The van der Waals surface area contributed by atoms with E-state index in [2.05, 4.69) is 43.4 Å². The number of benzene rings is 2. The predicted octanol–water partition coefficient (Wildman–Crippen LogP) is 5.59. The Morgan fingerprint density at radius 2 is 1.62 bits per heavy atom. The molecule has 0 aliphatic carbocycles. The fraction of sp³-hybridized carbons (Fsp3) is 0.333. The Morgan fingerprint density at radius 1 is 1.00 bits per heavy atom. The van der Waals surface area contributed by atoms with Crippen LogP contribution in [0.25, 0.3) is 0 Å². The summed E-state index contributed by atoms with van der Waals surface area (Å²) >= 11 is 12.7. The van der Waals surface area contributed by atoms with Gasteiger partial charge in [-0.25, -0.2) is 0 Å². The molecular formula is C18H21Cl2N. The van der Waals surface area contributed by atoms with Crippen molar-refractivity contribution >= 4 is 23.2 Å². The first-order valence-corrected chi connectivity index (χ1v) is 8.10. The van der Waals surface area contributed by atoms with Gasteiger partial charge in [-0.05, 0) is 44.0 Å². The highest BCUT2D eigenvalue weighted by Crippen LogP contribution is 2.32. The molecule has 0 aromatic heterocycles. The number of hydrogen-bond acceptors (Lipinski definition) is 1. The fourth-order valence-electron chi connectivity index (χ4n) is 2.40. The molecule has 0 radical (unpaired) electrons. The van der Waals surface area contributed by atoms with Crippen LogP contribution in [0, 0.1) is 6.92 Å². The molecule has 2 rings (SSSR count). The van der Waals surface area contributed by atoms with Gasteiger partial charge < -0.3 is 5.32 Å². The minimum atomic E-state index is 0.133. The first-order valence-electron chi connectivity index (χ1n) is 7.34. The lowest BCUT2D eigenvalue weighted by Gasteiger charge is -2.21. The molecule has 2 aromatic carbocycles. The maximum Gasteiger partial charge on any atom is 0.0468 e. The van der Waals surface area contributed by atoms with Crippen LogP contribution in [-0.2, 0) is 6.42 Å². The zero-order valence-corrected chi connectivity index (χ0v) is 14.0. The molecule has 0 heterocycles. The van der Waals surface area contributed by atoms with Gasteiger partial charge in [0.2, 0.25) is 0 Å². The quantitative estimate of drug-likeness (QED) is 0.731. The second-order valence-corrected chi connectivity index (χ2v) is 6.15. The van der Waals surface area contributed by atoms with Crippen molar-refractivity contribution in [3.63, 3.8) is 0 Å². The summed E-state index contributed by atoms with van der Waals surface area (Å²) in [5, 5.41) is 5.01. The van der Waals surface area contributed by atoms with Crippen molar-refractivity contribution in [3.05, 3.63) is 69.2 Å². The number of halogens is 2. The molecule has 0 saturated heterocycles. The first kappa shape index (κ1) is 16.4. The number of nitrogens with one attached hydrogen (secondary N) is 1. The molecule has 0 amide bonds. The van der Waals surface area contributed by atoms with E-state index in [9.17, 15) is 0 Å². The molecule has 0 bridgehead atoms. The van der Waals surface area contributed by atoms with Crippen LogP contribution >= 0.6 is 23.2 Å². The standard InChI is InChI=1S/C18H21Cl2N/c1-3-11-21-17(12-14-9-7-13(2)8-10-14)18-15(19)5-4-6-16(18)20/h4-10,17,21H,3,11-12H2,1-2H3. The summed E-state index contributed by atoms with van der Waals surface area (Å²) in [5.74, 6) is 0. The van der Waals surface area contributed by atoms with Gasteiger partial charge in [-0.15, -0.1) is 0 Å². The highest BCUT2D eigenvalue weighted by Gasteiger charge is 2.17. The molecule has 2 aromatic rings. The van der Waals surface area contributed by atoms with Crippen LogP contribution in [0.4, 0.5) is 0 Å². The smallest absolute Gasteiger partial charge is 0.0468 e. The summed E-state index contributed by atoms with van der Waals surface area (Å²) in [6.45, 7) is 5.20. The average Bonchev–Trinajstić information content (AvgIpc) is 2.46. The Labute approximate surface area is 137 Å². The second-order valence-electron chi connectivity index (χ2n) is 5.33. The van der Waals surface area contributed by atoms with E-state index in [-0.39, 0.29) is 6.04 Å². The van der Waals surface area contributed by atoms with Gasteiger partial charge in [-0.1, -0.05) is 66.0 Å². The lowest BCUT2D eigenvalue weighted by Crippen LogP contribution is -2.24. The van der Waals surface area contributed by atoms with E-state index in [0.29, 0.717) is 0 Å². The van der Waals surface area contributed by atoms with Gasteiger partial charge in [0, 0.05) is 21.7 Å². The molecule has 3 heteroatoms. The van der Waals surface area contributed by atoms with Gasteiger partial charge in [-0.2, -0.15) is 0 Å². The van der Waals surface area contributed by atoms with Crippen molar-refractivity contribution in [1.29, 1.82) is 0 Å². The maximum absolute atomic E-state index is 6.37. The molecule has 1 atom stereocenters. The maximum atomic E-state index is 6.37. The molecular weight excluding hydrogens is 301 g/mol. The van der Waals surface area contributed by atoms with E-state index in [1.165, 1.54) is 11.1 Å². The minimum absolute atomic E-state index is 0.133. The Hall–Kier alpha value is -1.02. The summed E-state index contributed by atoms with van der Waals surface area (Å²) in [7, 11) is 0. The third-order valence-corrected chi connectivity index (χ3v) is 4.21. The molecule has 112 valence electrons. The molecule has 0 aliphatic rings. The second kappa shape index (κ2) is 7.84. The zero-order chi connectivity index (χ0) is 15.2. The Bertz CT molecular complexity index is 558. The van der Waals surface area contributed by atoms with Crippen molar-refractivity contribution < 1.29 is 0 Å². The van der Waals surface area contributed by atoms with Crippen LogP contribution in [0.2, 0.25) is 10.0 Å². The minimum Gasteiger partial charge on any atom is -0.310 e. The van der Waals surface area contributed by atoms with Gasteiger partial charge in [0.05, 0.1) is 0 Å². The van der Waals surface area contributed by atoms with Crippen LogP contribution < -0.4 is 5.32 Å². The van der Waals surface area contributed by atoms with Gasteiger partial charge in [-0.3, -0.25) is 0 Å². The third kappa shape index (κ3) is 4.47. The van der Waals surface area contributed by atoms with Crippen LogP contribution in [0.3, 0.4) is 0 Å². The van der Waals surface area contributed by atoms with Gasteiger partial charge in [0.15, 0.2) is 0 Å². The van der Waals surface area contributed by atoms with E-state index in [4.69, 9.17) is 23.2 Å². The van der Waals surface area contributed by atoms with Crippen molar-refractivity contribution in [3.8, 4) is 0 Å². The van der Waals surface area contributed by atoms with Gasteiger partial charge in [0.1, 0.15) is 0 Å². The normalized spacial score (nSPS) is 12.4. The van der Waals surface area contributed by atoms with Crippen LogP contribution in [0.5, 0.6) is 0 Å². The summed E-state index contributed by atoms with van der Waals surface area (Å²) in [6.07, 6.45) is 1.95. The van der Waals surface area contributed by atoms with E-state index in [0.717, 1.165) is 35.0 Å². The summed E-state index contributed by atoms with van der Waals surface area (Å²) in [6, 6.07) is 14.4. The number of rotatable bonds is 6. The number of hydrogen-bond donors (Lipinski definition) is 1. The SMILES string of the molecule is CCCNC(Cc1ccc(C)cc1)c1c(Cl)cccc1Cl. The van der Waals surface area contributed by atoms with Crippen LogP contribution in [0.1, 0.15) is 36.1 Å². The summed E-state index contributed by atoms with van der Waals surface area (Å²) < 4.78 is 0. The summed E-state index contributed by atoms with van der Waals surface area (Å²) in [4.78, 5) is 0. The molecule has 1 nitrogen and oxygen atoms in total. The number of aryl methyl sites for hydroxylation is 1. The molecule has 0 aliphatic heterocycles. The molecule has 0 fully saturated rings. The Balaban J connectivity index is 2.27. The molecule has 0 spiro atoms. The van der Waals surface area contributed by atoms with Crippen molar-refractivity contribution in [1.82, 2.24) is 5.32 Å². The molecule has 1 unspecified atom stereocenters. The van der Waals surface area contributed by atoms with Crippen molar-refractivity contribution in [2.75, 3.05) is 6.54 Å². The van der Waals surface area contributed by atoms with Crippen molar-refractivity contribution in [2.45, 2.75) is 32.7 Å². The largest absolute Gasteiger partial charge is 0.310 e. The highest BCUT2D eigenvalue weighted by molar-refractivity contribution is 6.36. The summed E-state index contributed by atoms with van der Waals surface area (Å²) in [5.41, 5.74) is 3.55. The lowest BCUT2D eigenvalue weighted by molar-refractivity contribution is 0.529. The molecule has 1 N–H and O–H groups in total. The lowest BCUT2D eigenvalue weighted by atomic mass is 9.98. The van der Waals surface area contributed by atoms with Crippen LogP contribution in [0.15, 0.2) is 42.5 Å². The first-order chi connectivity index (χ1) is 10.1. The highest BCUT2D eigenvalue weighted by atomic mass is 35.5. The topological polar surface area (TPSA) is 12.0 Å². The monoisotopic (exact) mass is 321 g/mol.